The van der Waals surface area contributed by atoms with Crippen LogP contribution in [0.25, 0.3) is 0 Å². The molecule has 7 heteroatoms. The molecular weight excluding hydrogens is 306 g/mol. The zero-order chi connectivity index (χ0) is 17.9. The van der Waals surface area contributed by atoms with Gasteiger partial charge >= 0.3 is 0 Å². The quantitative estimate of drug-likeness (QED) is 0.406. The Bertz CT molecular complexity index is 429. The number of nitrogens with one attached hydrogen (secondary N) is 2. The van der Waals surface area contributed by atoms with Crippen LogP contribution in [0.5, 0.6) is 0 Å². The zero-order valence-electron chi connectivity index (χ0n) is 15.6. The van der Waals surface area contributed by atoms with Crippen LogP contribution in [0.1, 0.15) is 39.0 Å². The standard InChI is InChI=1S/C17H33N5O2/c1-5-6-9-19-17(20-13-16(24)21(3)4)22-10-7-14(8-11-22)12-15(23)18-2/h14H,5-13H2,1-4H3,(H,18,23)(H,19,20). The second-order valence-electron chi connectivity index (χ2n) is 6.52. The van der Waals surface area contributed by atoms with Gasteiger partial charge in [-0.1, -0.05) is 13.3 Å². The third-order valence-electron chi connectivity index (χ3n) is 4.34. The van der Waals surface area contributed by atoms with Gasteiger partial charge in [-0.2, -0.15) is 0 Å². The van der Waals surface area contributed by atoms with Crippen LogP contribution in [-0.4, -0.2) is 74.9 Å². The molecular formula is C17H33N5O2. The van der Waals surface area contributed by atoms with Crippen LogP contribution in [0.4, 0.5) is 0 Å². The number of amides is 2. The maximum Gasteiger partial charge on any atom is 0.243 e. The molecule has 1 aliphatic rings. The lowest BCUT2D eigenvalue weighted by Gasteiger charge is -2.34. The van der Waals surface area contributed by atoms with Crippen LogP contribution < -0.4 is 10.6 Å². The number of nitrogens with zero attached hydrogens (tertiary/aromatic N) is 3. The summed E-state index contributed by atoms with van der Waals surface area (Å²) in [4.78, 5) is 31.6. The number of hydrogen-bond donors (Lipinski definition) is 2. The molecule has 0 aromatic heterocycles. The number of carbonyl (C=O) groups excluding carboxylic acids is 2. The third-order valence-corrected chi connectivity index (χ3v) is 4.34. The van der Waals surface area contributed by atoms with Crippen molar-refractivity contribution in [1.29, 1.82) is 0 Å². The predicted octanol–water partition coefficient (Wildman–Crippen LogP) is 0.668. The monoisotopic (exact) mass is 339 g/mol. The number of guanidine groups is 1. The lowest BCUT2D eigenvalue weighted by Crippen LogP contribution is -2.46. The normalized spacial score (nSPS) is 16.0. The van der Waals surface area contributed by atoms with Crippen LogP contribution in [-0.2, 0) is 9.59 Å². The van der Waals surface area contributed by atoms with E-state index >= 15 is 0 Å². The van der Waals surface area contributed by atoms with Crippen molar-refractivity contribution >= 4 is 17.8 Å². The first-order chi connectivity index (χ1) is 11.5. The minimum atomic E-state index is -0.000653. The maximum absolute atomic E-state index is 11.8. The Labute approximate surface area is 145 Å². The Morgan fingerprint density at radius 2 is 1.92 bits per heavy atom. The first-order valence-electron chi connectivity index (χ1n) is 8.91. The average molecular weight is 339 g/mol. The second-order valence-corrected chi connectivity index (χ2v) is 6.52. The molecule has 0 saturated carbocycles. The van der Waals surface area contributed by atoms with Crippen molar-refractivity contribution in [2.75, 3.05) is 47.3 Å². The van der Waals surface area contributed by atoms with Crippen molar-refractivity contribution in [3.8, 4) is 0 Å². The molecule has 0 atom stereocenters. The van der Waals surface area contributed by atoms with E-state index in [0.29, 0.717) is 12.3 Å². The van der Waals surface area contributed by atoms with Gasteiger partial charge in [-0.3, -0.25) is 9.59 Å². The molecule has 0 unspecified atom stereocenters. The van der Waals surface area contributed by atoms with Crippen molar-refractivity contribution in [3.63, 3.8) is 0 Å². The molecule has 1 saturated heterocycles. The van der Waals surface area contributed by atoms with Gasteiger partial charge in [0.25, 0.3) is 0 Å². The first kappa shape index (κ1) is 20.3. The van der Waals surface area contributed by atoms with Gasteiger partial charge in [-0.05, 0) is 25.2 Å². The SMILES string of the molecule is CCCCNC(=NCC(=O)N(C)C)N1CCC(CC(=O)NC)CC1. The molecule has 1 heterocycles. The minimum absolute atomic E-state index is 0.000653. The van der Waals surface area contributed by atoms with E-state index in [1.54, 1.807) is 26.0 Å². The summed E-state index contributed by atoms with van der Waals surface area (Å²) in [6.07, 6.45) is 4.74. The molecule has 0 spiro atoms. The zero-order valence-corrected chi connectivity index (χ0v) is 15.6. The molecule has 24 heavy (non-hydrogen) atoms. The number of aliphatic imine (C=N–C) groups is 1. The molecule has 0 aromatic carbocycles. The highest BCUT2D eigenvalue weighted by molar-refractivity contribution is 5.85. The fourth-order valence-corrected chi connectivity index (χ4v) is 2.64. The van der Waals surface area contributed by atoms with Gasteiger partial charge in [0.15, 0.2) is 5.96 Å². The molecule has 0 bridgehead atoms. The number of piperidine rings is 1. The van der Waals surface area contributed by atoms with Crippen molar-refractivity contribution in [1.82, 2.24) is 20.4 Å². The molecule has 0 aromatic rings. The van der Waals surface area contributed by atoms with Crippen LogP contribution in [0.15, 0.2) is 4.99 Å². The lowest BCUT2D eigenvalue weighted by atomic mass is 9.93. The van der Waals surface area contributed by atoms with E-state index in [1.165, 1.54) is 0 Å². The van der Waals surface area contributed by atoms with Gasteiger partial charge in [0.05, 0.1) is 0 Å². The summed E-state index contributed by atoms with van der Waals surface area (Å²) >= 11 is 0. The van der Waals surface area contributed by atoms with E-state index in [-0.39, 0.29) is 18.4 Å². The van der Waals surface area contributed by atoms with E-state index in [0.717, 1.165) is 51.3 Å². The highest BCUT2D eigenvalue weighted by Gasteiger charge is 2.23. The van der Waals surface area contributed by atoms with Crippen LogP contribution in [0, 0.1) is 5.92 Å². The van der Waals surface area contributed by atoms with Crippen molar-refractivity contribution < 1.29 is 9.59 Å². The van der Waals surface area contributed by atoms with Crippen molar-refractivity contribution in [2.24, 2.45) is 10.9 Å². The highest BCUT2D eigenvalue weighted by atomic mass is 16.2. The van der Waals surface area contributed by atoms with Crippen molar-refractivity contribution in [2.45, 2.75) is 39.0 Å². The Morgan fingerprint density at radius 1 is 1.25 bits per heavy atom. The molecule has 1 aliphatic heterocycles. The largest absolute Gasteiger partial charge is 0.359 e. The van der Waals surface area contributed by atoms with Gasteiger partial charge < -0.3 is 20.4 Å². The van der Waals surface area contributed by atoms with Gasteiger partial charge in [-0.25, -0.2) is 4.99 Å². The topological polar surface area (TPSA) is 77.0 Å². The highest BCUT2D eigenvalue weighted by Crippen LogP contribution is 2.20. The molecule has 1 fully saturated rings. The lowest BCUT2D eigenvalue weighted by molar-refractivity contribution is -0.127. The average Bonchev–Trinajstić information content (AvgIpc) is 2.58. The molecule has 1 rings (SSSR count). The Morgan fingerprint density at radius 3 is 2.46 bits per heavy atom. The summed E-state index contributed by atoms with van der Waals surface area (Å²) < 4.78 is 0. The maximum atomic E-state index is 11.8. The van der Waals surface area contributed by atoms with Crippen LogP contribution >= 0.6 is 0 Å². The fourth-order valence-electron chi connectivity index (χ4n) is 2.64. The Hall–Kier alpha value is -1.79. The number of hydrogen-bond acceptors (Lipinski definition) is 3. The number of carbonyl (C=O) groups is 2. The van der Waals surface area contributed by atoms with Gasteiger partial charge in [0.2, 0.25) is 11.8 Å². The van der Waals surface area contributed by atoms with Gasteiger partial charge in [-0.15, -0.1) is 0 Å². The molecule has 7 nitrogen and oxygen atoms in total. The Balaban J connectivity index is 2.59. The number of likely N-dealkylation sites (N-methyl/N-ethyl adjacent to an activating group) is 1. The van der Waals surface area contributed by atoms with E-state index < -0.39 is 0 Å². The van der Waals surface area contributed by atoms with Gasteiger partial charge in [0, 0.05) is 47.2 Å². The van der Waals surface area contributed by atoms with E-state index in [1.807, 2.05) is 0 Å². The summed E-state index contributed by atoms with van der Waals surface area (Å²) in [5.41, 5.74) is 0. The van der Waals surface area contributed by atoms with Crippen LogP contribution in [0.2, 0.25) is 0 Å². The third kappa shape index (κ3) is 7.19. The Kier molecular flexibility index (Phi) is 9.19. The smallest absolute Gasteiger partial charge is 0.243 e. The summed E-state index contributed by atoms with van der Waals surface area (Å²) in [7, 11) is 5.17. The summed E-state index contributed by atoms with van der Waals surface area (Å²) in [6, 6.07) is 0. The fraction of sp³-hybridized carbons (Fsp3) is 0.824. The van der Waals surface area contributed by atoms with E-state index in [2.05, 4.69) is 27.4 Å². The van der Waals surface area contributed by atoms with Crippen LogP contribution in [0.3, 0.4) is 0 Å². The minimum Gasteiger partial charge on any atom is -0.359 e. The van der Waals surface area contributed by atoms with Crippen molar-refractivity contribution in [3.05, 3.63) is 0 Å². The first-order valence-corrected chi connectivity index (χ1v) is 8.91. The molecule has 0 radical (unpaired) electrons. The predicted molar refractivity (Wildman–Crippen MR) is 96.9 cm³/mol. The molecule has 2 amide bonds. The summed E-state index contributed by atoms with van der Waals surface area (Å²) in [5, 5.41) is 6.07. The van der Waals surface area contributed by atoms with Gasteiger partial charge in [0.1, 0.15) is 6.54 Å². The number of rotatable bonds is 7. The molecule has 138 valence electrons. The molecule has 0 aliphatic carbocycles. The summed E-state index contributed by atoms with van der Waals surface area (Å²) in [5.74, 6) is 1.36. The molecule has 2 N–H and O–H groups in total. The summed E-state index contributed by atoms with van der Waals surface area (Å²) in [6.45, 7) is 4.92. The number of likely N-dealkylation sites (tertiary alicyclic amines) is 1. The van der Waals surface area contributed by atoms with E-state index in [4.69, 9.17) is 0 Å². The second kappa shape index (κ2) is 10.9. The number of unbranched alkanes of at least 4 members (excludes halogenated alkanes) is 1. The van der Waals surface area contributed by atoms with E-state index in [9.17, 15) is 9.59 Å².